The topological polar surface area (TPSA) is 35.6 Å². The molecule has 4 nitrogen and oxygen atoms in total. The van der Waals surface area contributed by atoms with Crippen molar-refractivity contribution in [2.75, 3.05) is 26.2 Å². The SMILES string of the molecule is CC(C)NN1CCN(C(=O)CC(C)(C)C)CC1. The highest BCUT2D eigenvalue weighted by Crippen LogP contribution is 2.20. The van der Waals surface area contributed by atoms with Crippen LogP contribution in [0, 0.1) is 5.41 Å². The minimum Gasteiger partial charge on any atom is -0.340 e. The van der Waals surface area contributed by atoms with Gasteiger partial charge in [-0.15, -0.1) is 0 Å². The minimum atomic E-state index is 0.0877. The van der Waals surface area contributed by atoms with Gasteiger partial charge in [-0.3, -0.25) is 10.2 Å². The van der Waals surface area contributed by atoms with Crippen LogP contribution in [0.15, 0.2) is 0 Å². The van der Waals surface area contributed by atoms with E-state index in [2.05, 4.69) is 45.1 Å². The largest absolute Gasteiger partial charge is 0.340 e. The first-order valence-corrected chi connectivity index (χ1v) is 6.57. The maximum atomic E-state index is 12.0. The van der Waals surface area contributed by atoms with Crippen LogP contribution in [0.1, 0.15) is 41.0 Å². The van der Waals surface area contributed by atoms with Gasteiger partial charge in [-0.05, 0) is 19.3 Å². The van der Waals surface area contributed by atoms with E-state index >= 15 is 0 Å². The summed E-state index contributed by atoms with van der Waals surface area (Å²) in [6.45, 7) is 14.1. The van der Waals surface area contributed by atoms with Crippen molar-refractivity contribution in [3.8, 4) is 0 Å². The lowest BCUT2D eigenvalue weighted by Gasteiger charge is -2.36. The van der Waals surface area contributed by atoms with E-state index in [4.69, 9.17) is 0 Å². The predicted molar refractivity (Wildman–Crippen MR) is 70.5 cm³/mol. The molecule has 1 fully saturated rings. The molecule has 1 heterocycles. The number of hydrazine groups is 1. The molecule has 0 bridgehead atoms. The zero-order chi connectivity index (χ0) is 13.1. The van der Waals surface area contributed by atoms with Gasteiger partial charge >= 0.3 is 0 Å². The first-order valence-electron chi connectivity index (χ1n) is 6.57. The number of carbonyl (C=O) groups excluding carboxylic acids is 1. The average molecular weight is 241 g/mol. The quantitative estimate of drug-likeness (QED) is 0.813. The highest BCUT2D eigenvalue weighted by molar-refractivity contribution is 5.76. The van der Waals surface area contributed by atoms with Crippen molar-refractivity contribution in [3.05, 3.63) is 0 Å². The van der Waals surface area contributed by atoms with Gasteiger partial charge in [0.2, 0.25) is 5.91 Å². The Hall–Kier alpha value is -0.610. The lowest BCUT2D eigenvalue weighted by atomic mass is 9.91. The van der Waals surface area contributed by atoms with Crippen LogP contribution < -0.4 is 5.43 Å². The standard InChI is InChI=1S/C13H27N3O/c1-11(2)14-16-8-6-15(7-9-16)12(17)10-13(3,4)5/h11,14H,6-10H2,1-5H3. The Morgan fingerprint density at radius 1 is 1.18 bits per heavy atom. The van der Waals surface area contributed by atoms with Gasteiger partial charge in [0.15, 0.2) is 0 Å². The van der Waals surface area contributed by atoms with Gasteiger partial charge in [-0.1, -0.05) is 20.8 Å². The zero-order valence-electron chi connectivity index (χ0n) is 11.9. The van der Waals surface area contributed by atoms with E-state index in [9.17, 15) is 4.79 Å². The molecule has 0 spiro atoms. The molecule has 0 aromatic rings. The molecule has 0 saturated carbocycles. The fourth-order valence-electron chi connectivity index (χ4n) is 2.02. The molecule has 4 heteroatoms. The summed E-state index contributed by atoms with van der Waals surface area (Å²) < 4.78 is 0. The van der Waals surface area contributed by atoms with E-state index in [1.165, 1.54) is 0 Å². The number of amides is 1. The van der Waals surface area contributed by atoms with E-state index < -0.39 is 0 Å². The maximum absolute atomic E-state index is 12.0. The fourth-order valence-corrected chi connectivity index (χ4v) is 2.02. The van der Waals surface area contributed by atoms with Gasteiger partial charge in [0.1, 0.15) is 0 Å². The third-order valence-electron chi connectivity index (χ3n) is 2.75. The van der Waals surface area contributed by atoms with Crippen LogP contribution in [-0.4, -0.2) is 48.0 Å². The van der Waals surface area contributed by atoms with Crippen LogP contribution in [0.25, 0.3) is 0 Å². The second-order valence-corrected chi connectivity index (χ2v) is 6.39. The van der Waals surface area contributed by atoms with Crippen LogP contribution in [0.4, 0.5) is 0 Å². The molecule has 1 N–H and O–H groups in total. The van der Waals surface area contributed by atoms with Gasteiger partial charge in [0.25, 0.3) is 0 Å². The van der Waals surface area contributed by atoms with E-state index in [0.29, 0.717) is 18.4 Å². The molecule has 0 radical (unpaired) electrons. The molecule has 1 saturated heterocycles. The molecular formula is C13H27N3O. The van der Waals surface area contributed by atoms with Crippen molar-refractivity contribution in [3.63, 3.8) is 0 Å². The third kappa shape index (κ3) is 5.50. The Kier molecular flexibility index (Phi) is 4.95. The van der Waals surface area contributed by atoms with Gasteiger partial charge in [-0.2, -0.15) is 0 Å². The predicted octanol–water partition coefficient (Wildman–Crippen LogP) is 1.48. The number of hydrogen-bond acceptors (Lipinski definition) is 3. The number of rotatable bonds is 3. The van der Waals surface area contributed by atoms with Gasteiger partial charge in [0.05, 0.1) is 0 Å². The molecule has 0 atom stereocenters. The Morgan fingerprint density at radius 2 is 1.71 bits per heavy atom. The van der Waals surface area contributed by atoms with E-state index in [1.54, 1.807) is 0 Å². The summed E-state index contributed by atoms with van der Waals surface area (Å²) in [6, 6.07) is 0.465. The smallest absolute Gasteiger partial charge is 0.223 e. The highest BCUT2D eigenvalue weighted by Gasteiger charge is 2.24. The molecule has 0 aromatic carbocycles. The summed E-state index contributed by atoms with van der Waals surface area (Å²) >= 11 is 0. The van der Waals surface area contributed by atoms with Crippen LogP contribution in [0.3, 0.4) is 0 Å². The van der Waals surface area contributed by atoms with Crippen molar-refractivity contribution < 1.29 is 4.79 Å². The van der Waals surface area contributed by atoms with Crippen molar-refractivity contribution in [2.24, 2.45) is 5.41 Å². The summed E-state index contributed by atoms with van der Waals surface area (Å²) in [5.41, 5.74) is 3.47. The van der Waals surface area contributed by atoms with Crippen LogP contribution in [-0.2, 0) is 4.79 Å². The summed E-state index contributed by atoms with van der Waals surface area (Å²) in [5.74, 6) is 0.293. The summed E-state index contributed by atoms with van der Waals surface area (Å²) in [7, 11) is 0. The minimum absolute atomic E-state index is 0.0877. The Bertz CT molecular complexity index is 250. The normalized spacial score (nSPS) is 18.8. The number of nitrogens with one attached hydrogen (secondary N) is 1. The van der Waals surface area contributed by atoms with Crippen molar-refractivity contribution in [1.29, 1.82) is 0 Å². The summed E-state index contributed by atoms with van der Waals surface area (Å²) in [4.78, 5) is 14.0. The molecule has 100 valence electrons. The van der Waals surface area contributed by atoms with Gasteiger partial charge < -0.3 is 4.90 Å². The van der Waals surface area contributed by atoms with E-state index in [0.717, 1.165) is 26.2 Å². The van der Waals surface area contributed by atoms with Crippen molar-refractivity contribution in [1.82, 2.24) is 15.3 Å². The van der Waals surface area contributed by atoms with Gasteiger partial charge in [0, 0.05) is 38.6 Å². The lowest BCUT2D eigenvalue weighted by Crippen LogP contribution is -2.55. The van der Waals surface area contributed by atoms with Crippen molar-refractivity contribution >= 4 is 5.91 Å². The molecule has 0 aliphatic carbocycles. The number of carbonyl (C=O) groups is 1. The van der Waals surface area contributed by atoms with Crippen LogP contribution in [0.5, 0.6) is 0 Å². The first kappa shape index (κ1) is 14.5. The molecule has 1 rings (SSSR count). The molecule has 1 amide bonds. The Balaban J connectivity index is 2.34. The summed E-state index contributed by atoms with van der Waals surface area (Å²) in [5, 5.41) is 2.21. The van der Waals surface area contributed by atoms with Crippen LogP contribution >= 0.6 is 0 Å². The molecule has 0 aromatic heterocycles. The second-order valence-electron chi connectivity index (χ2n) is 6.39. The Morgan fingerprint density at radius 3 is 2.12 bits per heavy atom. The number of piperazine rings is 1. The fraction of sp³-hybridized carbons (Fsp3) is 0.923. The summed E-state index contributed by atoms with van der Waals surface area (Å²) in [6.07, 6.45) is 0.643. The lowest BCUT2D eigenvalue weighted by molar-refractivity contribution is -0.135. The molecule has 0 unspecified atom stereocenters. The molecular weight excluding hydrogens is 214 g/mol. The van der Waals surface area contributed by atoms with Crippen LogP contribution in [0.2, 0.25) is 0 Å². The average Bonchev–Trinajstić information content (AvgIpc) is 2.15. The monoisotopic (exact) mass is 241 g/mol. The number of nitrogens with zero attached hydrogens (tertiary/aromatic N) is 2. The molecule has 1 aliphatic heterocycles. The Labute approximate surface area is 105 Å². The van der Waals surface area contributed by atoms with Crippen molar-refractivity contribution in [2.45, 2.75) is 47.1 Å². The van der Waals surface area contributed by atoms with Gasteiger partial charge in [-0.25, -0.2) is 5.01 Å². The number of hydrogen-bond donors (Lipinski definition) is 1. The second kappa shape index (κ2) is 5.83. The zero-order valence-corrected chi connectivity index (χ0v) is 11.9. The van der Waals surface area contributed by atoms with E-state index in [-0.39, 0.29) is 5.41 Å². The molecule has 1 aliphatic rings. The molecule has 17 heavy (non-hydrogen) atoms. The first-order chi connectivity index (χ1) is 7.78. The third-order valence-corrected chi connectivity index (χ3v) is 2.75. The highest BCUT2D eigenvalue weighted by atomic mass is 16.2. The van der Waals surface area contributed by atoms with E-state index in [1.807, 2.05) is 4.90 Å². The maximum Gasteiger partial charge on any atom is 0.223 e.